The lowest BCUT2D eigenvalue weighted by molar-refractivity contribution is -0.153. The van der Waals surface area contributed by atoms with Gasteiger partial charge in [-0.25, -0.2) is 4.79 Å². The molecule has 0 aromatic rings. The van der Waals surface area contributed by atoms with Crippen molar-refractivity contribution in [2.45, 2.75) is 98.3 Å². The van der Waals surface area contributed by atoms with E-state index in [4.69, 9.17) is 9.47 Å². The Morgan fingerprint density at radius 1 is 0.769 bits per heavy atom. The molecular weight excluding hydrogens is 328 g/mol. The Labute approximate surface area is 160 Å². The Kier molecular flexibility index (Phi) is 14.1. The van der Waals surface area contributed by atoms with Crippen LogP contribution in [0.4, 0.5) is 0 Å². The Morgan fingerprint density at radius 3 is 1.69 bits per heavy atom. The van der Waals surface area contributed by atoms with Crippen LogP contribution in [0.25, 0.3) is 0 Å². The third-order valence-electron chi connectivity index (χ3n) is 4.28. The maximum atomic E-state index is 11.6. The second-order valence-electron chi connectivity index (χ2n) is 8.00. The van der Waals surface area contributed by atoms with E-state index in [1.165, 1.54) is 38.5 Å². The number of esters is 2. The zero-order chi connectivity index (χ0) is 19.8. The zero-order valence-electron chi connectivity index (χ0n) is 17.5. The lowest BCUT2D eigenvalue weighted by atomic mass is 9.97. The van der Waals surface area contributed by atoms with Crippen molar-refractivity contribution in [2.75, 3.05) is 13.2 Å². The van der Waals surface area contributed by atoms with Crippen molar-refractivity contribution in [1.82, 2.24) is 0 Å². The average molecular weight is 369 g/mol. The molecule has 0 heterocycles. The zero-order valence-corrected chi connectivity index (χ0v) is 17.5. The molecule has 4 nitrogen and oxygen atoms in total. The van der Waals surface area contributed by atoms with Gasteiger partial charge in [0.1, 0.15) is 0 Å². The van der Waals surface area contributed by atoms with Crippen LogP contribution in [0.1, 0.15) is 98.3 Å². The third kappa shape index (κ3) is 13.9. The van der Waals surface area contributed by atoms with E-state index in [-0.39, 0.29) is 11.9 Å². The molecule has 0 aliphatic carbocycles. The minimum Gasteiger partial charge on any atom is -0.465 e. The number of carbonyl (C=O) groups excluding carboxylic acids is 2. The van der Waals surface area contributed by atoms with Gasteiger partial charge in [-0.3, -0.25) is 4.79 Å². The van der Waals surface area contributed by atoms with Gasteiger partial charge in [0.25, 0.3) is 0 Å². The first kappa shape index (κ1) is 24.7. The number of ether oxygens (including phenoxy) is 2. The number of hydrogen-bond donors (Lipinski definition) is 0. The van der Waals surface area contributed by atoms with E-state index in [1.54, 1.807) is 0 Å². The molecule has 0 radical (unpaired) electrons. The number of rotatable bonds is 15. The van der Waals surface area contributed by atoms with Crippen LogP contribution in [0.5, 0.6) is 0 Å². The van der Waals surface area contributed by atoms with Crippen molar-refractivity contribution in [3.63, 3.8) is 0 Å². The summed E-state index contributed by atoms with van der Waals surface area (Å²) in [5.74, 6) is -0.357. The predicted molar refractivity (Wildman–Crippen MR) is 107 cm³/mol. The van der Waals surface area contributed by atoms with E-state index < -0.39 is 5.41 Å². The Morgan fingerprint density at radius 2 is 1.23 bits per heavy atom. The fourth-order valence-corrected chi connectivity index (χ4v) is 2.57. The smallest absolute Gasteiger partial charge is 0.333 e. The summed E-state index contributed by atoms with van der Waals surface area (Å²) in [6.07, 6.45) is 12.5. The Hall–Kier alpha value is -1.32. The number of hydrogen-bond acceptors (Lipinski definition) is 4. The molecular formula is C22H40O4. The normalized spacial score (nSPS) is 11.2. The second-order valence-corrected chi connectivity index (χ2v) is 8.00. The van der Waals surface area contributed by atoms with Gasteiger partial charge < -0.3 is 9.47 Å². The Bertz CT molecular complexity index is 407. The molecule has 152 valence electrons. The first-order valence-corrected chi connectivity index (χ1v) is 10.3. The van der Waals surface area contributed by atoms with E-state index in [2.05, 4.69) is 6.58 Å². The third-order valence-corrected chi connectivity index (χ3v) is 4.28. The molecule has 0 saturated carbocycles. The lowest BCUT2D eigenvalue weighted by Gasteiger charge is -2.16. The molecule has 0 fully saturated rings. The van der Waals surface area contributed by atoms with Crippen molar-refractivity contribution in [3.05, 3.63) is 12.2 Å². The molecule has 0 amide bonds. The summed E-state index contributed by atoms with van der Waals surface area (Å²) < 4.78 is 10.2. The van der Waals surface area contributed by atoms with Crippen molar-refractivity contribution >= 4 is 11.9 Å². The lowest BCUT2D eigenvalue weighted by Crippen LogP contribution is -2.23. The van der Waals surface area contributed by atoms with Crippen LogP contribution in [-0.2, 0) is 19.1 Å². The second kappa shape index (κ2) is 14.8. The van der Waals surface area contributed by atoms with Crippen LogP contribution in [-0.4, -0.2) is 25.2 Å². The summed E-state index contributed by atoms with van der Waals surface area (Å²) >= 11 is 0. The fraction of sp³-hybridized carbons (Fsp3) is 0.818. The van der Waals surface area contributed by atoms with Gasteiger partial charge in [0.15, 0.2) is 0 Å². The molecule has 26 heavy (non-hydrogen) atoms. The van der Waals surface area contributed by atoms with Gasteiger partial charge in [-0.1, -0.05) is 57.9 Å². The molecule has 0 unspecified atom stereocenters. The van der Waals surface area contributed by atoms with E-state index in [1.807, 2.05) is 27.7 Å². The van der Waals surface area contributed by atoms with Crippen molar-refractivity contribution in [3.8, 4) is 0 Å². The molecule has 0 saturated heterocycles. The highest BCUT2D eigenvalue weighted by Gasteiger charge is 2.22. The molecule has 0 bridgehead atoms. The van der Waals surface area contributed by atoms with Gasteiger partial charge >= 0.3 is 11.9 Å². The minimum atomic E-state index is -0.397. The summed E-state index contributed by atoms with van der Waals surface area (Å²) in [6.45, 7) is 12.2. The van der Waals surface area contributed by atoms with Gasteiger partial charge in [0.05, 0.1) is 18.6 Å². The fourth-order valence-electron chi connectivity index (χ4n) is 2.57. The summed E-state index contributed by atoms with van der Waals surface area (Å²) in [5.41, 5.74) is 0.200. The maximum absolute atomic E-state index is 11.6. The highest BCUT2D eigenvalue weighted by atomic mass is 16.5. The maximum Gasteiger partial charge on any atom is 0.333 e. The average Bonchev–Trinajstić information content (AvgIpc) is 2.57. The topological polar surface area (TPSA) is 52.6 Å². The monoisotopic (exact) mass is 368 g/mol. The van der Waals surface area contributed by atoms with Gasteiger partial charge in [0, 0.05) is 5.57 Å². The van der Waals surface area contributed by atoms with Crippen LogP contribution in [0.15, 0.2) is 12.2 Å². The van der Waals surface area contributed by atoms with Crippen LogP contribution in [0.2, 0.25) is 0 Å². The molecule has 0 aliphatic heterocycles. The number of carbonyl (C=O) groups is 2. The highest BCUT2D eigenvalue weighted by Crippen LogP contribution is 2.16. The van der Waals surface area contributed by atoms with Gasteiger partial charge in [-0.2, -0.15) is 0 Å². The quantitative estimate of drug-likeness (QED) is 0.202. The van der Waals surface area contributed by atoms with Crippen LogP contribution in [0, 0.1) is 5.41 Å². The molecule has 0 aromatic carbocycles. The van der Waals surface area contributed by atoms with Crippen molar-refractivity contribution in [2.24, 2.45) is 5.41 Å². The van der Waals surface area contributed by atoms with Gasteiger partial charge in [0.2, 0.25) is 0 Å². The van der Waals surface area contributed by atoms with Gasteiger partial charge in [-0.15, -0.1) is 0 Å². The number of unbranched alkanes of at least 4 members (excludes halogenated alkanes) is 9. The van der Waals surface area contributed by atoms with Gasteiger partial charge in [-0.05, 0) is 47.0 Å². The van der Waals surface area contributed by atoms with Crippen LogP contribution < -0.4 is 0 Å². The minimum absolute atomic E-state index is 0.108. The van der Waals surface area contributed by atoms with Crippen LogP contribution in [0.3, 0.4) is 0 Å². The highest BCUT2D eigenvalue weighted by molar-refractivity contribution is 5.87. The molecule has 0 aliphatic rings. The summed E-state index contributed by atoms with van der Waals surface area (Å²) in [4.78, 5) is 23.0. The molecule has 0 aromatic heterocycles. The summed E-state index contributed by atoms with van der Waals surface area (Å²) in [5, 5.41) is 0. The standard InChI is InChI=1S/C22H40O4/c1-6-25-20(23)19(2)17-15-13-11-9-7-8-10-12-14-16-18-26-21(24)22(3,4)5/h2,6-18H2,1,3-5H3. The summed E-state index contributed by atoms with van der Waals surface area (Å²) in [6, 6.07) is 0. The first-order valence-electron chi connectivity index (χ1n) is 10.3. The molecule has 4 heteroatoms. The Balaban J connectivity index is 3.31. The van der Waals surface area contributed by atoms with Crippen molar-refractivity contribution < 1.29 is 19.1 Å². The predicted octanol–water partition coefficient (Wildman–Crippen LogP) is 5.99. The van der Waals surface area contributed by atoms with E-state index >= 15 is 0 Å². The van der Waals surface area contributed by atoms with Crippen LogP contribution >= 0.6 is 0 Å². The van der Waals surface area contributed by atoms with E-state index in [0.29, 0.717) is 18.8 Å². The molecule has 0 rings (SSSR count). The molecule has 0 atom stereocenters. The SMILES string of the molecule is C=C(CCCCCCCCCCCCOC(=O)C(C)(C)C)C(=O)OCC. The van der Waals surface area contributed by atoms with E-state index in [9.17, 15) is 9.59 Å². The molecule has 0 spiro atoms. The summed E-state index contributed by atoms with van der Waals surface area (Å²) in [7, 11) is 0. The largest absolute Gasteiger partial charge is 0.465 e. The van der Waals surface area contributed by atoms with Crippen molar-refractivity contribution in [1.29, 1.82) is 0 Å². The first-order chi connectivity index (χ1) is 12.3. The van der Waals surface area contributed by atoms with E-state index in [0.717, 1.165) is 32.1 Å². The molecule has 0 N–H and O–H groups in total.